The maximum atomic E-state index is 12.7. The van der Waals surface area contributed by atoms with E-state index in [9.17, 15) is 14.0 Å². The van der Waals surface area contributed by atoms with E-state index in [1.54, 1.807) is 7.05 Å². The number of nitrogens with zero attached hydrogens (tertiary/aromatic N) is 1. The molecule has 1 fully saturated rings. The van der Waals surface area contributed by atoms with E-state index in [0.29, 0.717) is 18.5 Å². The van der Waals surface area contributed by atoms with E-state index in [1.165, 1.54) is 29.2 Å². The van der Waals surface area contributed by atoms with Gasteiger partial charge in [-0.05, 0) is 30.7 Å². The Hall–Kier alpha value is -2.11. The van der Waals surface area contributed by atoms with E-state index >= 15 is 0 Å². The van der Waals surface area contributed by atoms with Crippen LogP contribution in [0.15, 0.2) is 24.3 Å². The smallest absolute Gasteiger partial charge is 0.261 e. The summed E-state index contributed by atoms with van der Waals surface area (Å²) in [6.07, 6.45) is 0.914. The summed E-state index contributed by atoms with van der Waals surface area (Å²) >= 11 is 0. The molecule has 2 amide bonds. The average molecular weight is 251 g/mol. The van der Waals surface area contributed by atoms with Crippen molar-refractivity contribution >= 4 is 17.5 Å². The van der Waals surface area contributed by atoms with Gasteiger partial charge >= 0.3 is 0 Å². The molecule has 1 atom stereocenters. The lowest BCUT2D eigenvalue weighted by Crippen LogP contribution is -2.44. The molecule has 0 spiro atoms. The molecular formula is C12H14FN3O2. The second-order valence-electron chi connectivity index (χ2n) is 4.18. The van der Waals surface area contributed by atoms with E-state index in [4.69, 9.17) is 0 Å². The molecule has 1 aromatic rings. The van der Waals surface area contributed by atoms with Crippen LogP contribution in [0.4, 0.5) is 10.1 Å². The molecule has 1 aromatic carbocycles. The Morgan fingerprint density at radius 1 is 1.39 bits per heavy atom. The van der Waals surface area contributed by atoms with Gasteiger partial charge in [-0.1, -0.05) is 0 Å². The molecule has 5 nitrogen and oxygen atoms in total. The fraction of sp³-hybridized carbons (Fsp3) is 0.333. The van der Waals surface area contributed by atoms with Crippen LogP contribution in [0.1, 0.15) is 12.8 Å². The Labute approximate surface area is 104 Å². The molecule has 6 heteroatoms. The van der Waals surface area contributed by atoms with Crippen LogP contribution in [-0.2, 0) is 9.59 Å². The van der Waals surface area contributed by atoms with Crippen LogP contribution in [0.5, 0.6) is 0 Å². The largest absolute Gasteiger partial charge is 0.334 e. The normalized spacial score (nSPS) is 18.9. The molecule has 1 aliphatic heterocycles. The Bertz CT molecular complexity index is 461. The molecule has 96 valence electrons. The molecule has 0 aromatic heterocycles. The fourth-order valence-corrected chi connectivity index (χ4v) is 1.86. The van der Waals surface area contributed by atoms with Crippen LogP contribution in [0.2, 0.25) is 0 Å². The highest BCUT2D eigenvalue weighted by atomic mass is 19.1. The first kappa shape index (κ1) is 12.3. The SMILES string of the molecule is CN1C(=O)CCC1C(=O)NNc1ccc(F)cc1. The lowest BCUT2D eigenvalue weighted by atomic mass is 10.2. The summed E-state index contributed by atoms with van der Waals surface area (Å²) in [7, 11) is 1.61. The zero-order chi connectivity index (χ0) is 13.1. The Balaban J connectivity index is 1.89. The van der Waals surface area contributed by atoms with Crippen molar-refractivity contribution in [3.63, 3.8) is 0 Å². The van der Waals surface area contributed by atoms with Crippen molar-refractivity contribution in [3.05, 3.63) is 30.1 Å². The first-order valence-corrected chi connectivity index (χ1v) is 5.65. The number of hydrazine groups is 1. The predicted octanol–water partition coefficient (Wildman–Crippen LogP) is 0.890. The highest BCUT2D eigenvalue weighted by Crippen LogP contribution is 2.16. The first-order valence-electron chi connectivity index (χ1n) is 5.65. The lowest BCUT2D eigenvalue weighted by molar-refractivity contribution is -0.133. The minimum absolute atomic E-state index is 0.0306. The summed E-state index contributed by atoms with van der Waals surface area (Å²) in [4.78, 5) is 24.5. The molecule has 1 saturated heterocycles. The van der Waals surface area contributed by atoms with Crippen molar-refractivity contribution in [2.24, 2.45) is 0 Å². The molecular weight excluding hydrogens is 237 g/mol. The van der Waals surface area contributed by atoms with Gasteiger partial charge in [-0.15, -0.1) is 0 Å². The van der Waals surface area contributed by atoms with Crippen LogP contribution in [0.3, 0.4) is 0 Å². The van der Waals surface area contributed by atoms with Gasteiger partial charge in [0, 0.05) is 13.5 Å². The van der Waals surface area contributed by atoms with Gasteiger partial charge in [-0.3, -0.25) is 20.4 Å². The number of halogens is 1. The molecule has 0 saturated carbocycles. The molecule has 1 heterocycles. The number of amides is 2. The first-order chi connectivity index (χ1) is 8.58. The number of likely N-dealkylation sites (N-methyl/N-ethyl adjacent to an activating group) is 1. The third-order valence-electron chi connectivity index (χ3n) is 2.97. The molecule has 1 unspecified atom stereocenters. The minimum atomic E-state index is -0.439. The number of likely N-dealkylation sites (tertiary alicyclic amines) is 1. The van der Waals surface area contributed by atoms with E-state index < -0.39 is 6.04 Å². The van der Waals surface area contributed by atoms with E-state index in [0.717, 1.165) is 0 Å². The van der Waals surface area contributed by atoms with Crippen molar-refractivity contribution in [2.75, 3.05) is 12.5 Å². The number of nitrogens with one attached hydrogen (secondary N) is 2. The number of rotatable bonds is 3. The number of hydrogen-bond acceptors (Lipinski definition) is 3. The third-order valence-corrected chi connectivity index (χ3v) is 2.97. The van der Waals surface area contributed by atoms with Crippen LogP contribution in [0, 0.1) is 5.82 Å². The van der Waals surface area contributed by atoms with Gasteiger partial charge in [0.05, 0.1) is 5.69 Å². The summed E-state index contributed by atoms with van der Waals surface area (Å²) in [5.74, 6) is -0.641. The lowest BCUT2D eigenvalue weighted by Gasteiger charge is -2.19. The predicted molar refractivity (Wildman–Crippen MR) is 64.0 cm³/mol. The summed E-state index contributed by atoms with van der Waals surface area (Å²) in [6, 6.07) is 5.17. The van der Waals surface area contributed by atoms with Crippen molar-refractivity contribution in [1.82, 2.24) is 10.3 Å². The zero-order valence-corrected chi connectivity index (χ0v) is 9.94. The highest BCUT2D eigenvalue weighted by Gasteiger charge is 2.33. The Morgan fingerprint density at radius 2 is 2.06 bits per heavy atom. The average Bonchev–Trinajstić information content (AvgIpc) is 2.69. The third kappa shape index (κ3) is 2.58. The molecule has 2 N–H and O–H groups in total. The number of carbonyl (C=O) groups excluding carboxylic acids is 2. The van der Waals surface area contributed by atoms with Crippen molar-refractivity contribution < 1.29 is 14.0 Å². The summed E-state index contributed by atoms with van der Waals surface area (Å²) < 4.78 is 12.7. The van der Waals surface area contributed by atoms with Gasteiger partial charge in [0.2, 0.25) is 5.91 Å². The summed E-state index contributed by atoms with van der Waals surface area (Å²) in [5.41, 5.74) is 5.77. The van der Waals surface area contributed by atoms with Gasteiger partial charge < -0.3 is 4.90 Å². The van der Waals surface area contributed by atoms with Crippen LogP contribution < -0.4 is 10.9 Å². The Morgan fingerprint density at radius 3 is 2.61 bits per heavy atom. The molecule has 0 radical (unpaired) electrons. The number of carbonyl (C=O) groups is 2. The van der Waals surface area contributed by atoms with Crippen LogP contribution in [-0.4, -0.2) is 29.8 Å². The van der Waals surface area contributed by atoms with Gasteiger partial charge in [0.25, 0.3) is 5.91 Å². The topological polar surface area (TPSA) is 61.4 Å². The molecule has 2 rings (SSSR count). The monoisotopic (exact) mass is 251 g/mol. The van der Waals surface area contributed by atoms with Crippen molar-refractivity contribution in [2.45, 2.75) is 18.9 Å². The van der Waals surface area contributed by atoms with Gasteiger partial charge in [0.15, 0.2) is 0 Å². The second kappa shape index (κ2) is 5.03. The number of anilines is 1. The van der Waals surface area contributed by atoms with Gasteiger partial charge in [-0.25, -0.2) is 4.39 Å². The second-order valence-corrected chi connectivity index (χ2v) is 4.18. The standard InChI is InChI=1S/C12H14FN3O2/c1-16-10(6-7-11(16)17)12(18)15-14-9-4-2-8(13)3-5-9/h2-5,10,14H,6-7H2,1H3,(H,15,18). The van der Waals surface area contributed by atoms with E-state index in [-0.39, 0.29) is 17.6 Å². The van der Waals surface area contributed by atoms with E-state index in [2.05, 4.69) is 10.9 Å². The molecule has 1 aliphatic rings. The molecule has 0 bridgehead atoms. The minimum Gasteiger partial charge on any atom is -0.334 e. The highest BCUT2D eigenvalue weighted by molar-refractivity contribution is 5.91. The van der Waals surface area contributed by atoms with Crippen LogP contribution in [0.25, 0.3) is 0 Å². The van der Waals surface area contributed by atoms with Crippen molar-refractivity contribution in [3.8, 4) is 0 Å². The summed E-state index contributed by atoms with van der Waals surface area (Å²) in [5, 5.41) is 0. The quantitative estimate of drug-likeness (QED) is 0.784. The molecule has 0 aliphatic carbocycles. The number of benzene rings is 1. The fourth-order valence-electron chi connectivity index (χ4n) is 1.86. The van der Waals surface area contributed by atoms with Crippen molar-refractivity contribution in [1.29, 1.82) is 0 Å². The summed E-state index contributed by atoms with van der Waals surface area (Å²) in [6.45, 7) is 0. The van der Waals surface area contributed by atoms with Gasteiger partial charge in [0.1, 0.15) is 11.9 Å². The maximum Gasteiger partial charge on any atom is 0.261 e. The number of hydrogen-bond donors (Lipinski definition) is 2. The van der Waals surface area contributed by atoms with E-state index in [1.807, 2.05) is 0 Å². The maximum absolute atomic E-state index is 12.7. The zero-order valence-electron chi connectivity index (χ0n) is 9.94. The van der Waals surface area contributed by atoms with Gasteiger partial charge in [-0.2, -0.15) is 0 Å². The molecule has 18 heavy (non-hydrogen) atoms. The van der Waals surface area contributed by atoms with Crippen LogP contribution >= 0.6 is 0 Å². The Kier molecular flexibility index (Phi) is 3.45.